The summed E-state index contributed by atoms with van der Waals surface area (Å²) >= 11 is 0. The molecule has 1 N–H and O–H groups in total. The van der Waals surface area contributed by atoms with Crippen LogP contribution >= 0.6 is 0 Å². The van der Waals surface area contributed by atoms with E-state index in [2.05, 4.69) is 25.2 Å². The smallest absolute Gasteiger partial charge is 0.207 e. The number of nitrogens with one attached hydrogen (secondary N) is 1. The number of ketones is 1. The maximum absolute atomic E-state index is 12.3. The molecule has 0 spiro atoms. The zero-order chi connectivity index (χ0) is 11.7. The van der Waals surface area contributed by atoms with Gasteiger partial charge in [0, 0.05) is 44.8 Å². The van der Waals surface area contributed by atoms with E-state index in [1.807, 2.05) is 0 Å². The number of Topliss-reactive ketones (excluding diaryl/α,β-unsaturated/α-hetero) is 1. The molecule has 17 heavy (non-hydrogen) atoms. The van der Waals surface area contributed by atoms with Crippen LogP contribution in [0.15, 0.2) is 17.4 Å². The maximum Gasteiger partial charge on any atom is 0.207 e. The van der Waals surface area contributed by atoms with E-state index >= 15 is 0 Å². The molecule has 2 aliphatic heterocycles. The van der Waals surface area contributed by atoms with Crippen LogP contribution in [-0.2, 0) is 0 Å². The van der Waals surface area contributed by atoms with Gasteiger partial charge in [-0.1, -0.05) is 0 Å². The predicted octanol–water partition coefficient (Wildman–Crippen LogP) is -0.351. The van der Waals surface area contributed by atoms with Gasteiger partial charge in [0.15, 0.2) is 11.5 Å². The van der Waals surface area contributed by atoms with E-state index < -0.39 is 0 Å². The molecule has 6 heteroatoms. The van der Waals surface area contributed by atoms with Crippen LogP contribution in [0.3, 0.4) is 0 Å². The Hall–Kier alpha value is -1.66. The van der Waals surface area contributed by atoms with Gasteiger partial charge in [0.25, 0.3) is 0 Å². The Morgan fingerprint density at radius 2 is 2.00 bits per heavy atom. The quantitative estimate of drug-likeness (QED) is 0.715. The van der Waals surface area contributed by atoms with Crippen molar-refractivity contribution in [3.8, 4) is 0 Å². The average molecular weight is 231 g/mol. The highest BCUT2D eigenvalue weighted by atomic mass is 16.1. The van der Waals surface area contributed by atoms with Gasteiger partial charge in [-0.15, -0.1) is 0 Å². The van der Waals surface area contributed by atoms with Crippen LogP contribution in [0.25, 0.3) is 0 Å². The van der Waals surface area contributed by atoms with Crippen molar-refractivity contribution in [3.63, 3.8) is 0 Å². The Balaban J connectivity index is 1.88. The summed E-state index contributed by atoms with van der Waals surface area (Å²) in [5.41, 5.74) is 0.388. The third-order valence-corrected chi connectivity index (χ3v) is 3.06. The normalized spacial score (nSPS) is 24.7. The van der Waals surface area contributed by atoms with E-state index in [0.717, 1.165) is 26.2 Å². The average Bonchev–Trinajstić information content (AvgIpc) is 2.40. The van der Waals surface area contributed by atoms with Crippen molar-refractivity contribution in [2.75, 3.05) is 26.2 Å². The Morgan fingerprint density at radius 3 is 2.82 bits per heavy atom. The summed E-state index contributed by atoms with van der Waals surface area (Å²) in [6, 6.07) is -0.277. The first kappa shape index (κ1) is 10.5. The lowest BCUT2D eigenvalue weighted by atomic mass is 10.1. The number of hydrogen-bond donors (Lipinski definition) is 1. The first-order valence-corrected chi connectivity index (χ1v) is 5.70. The van der Waals surface area contributed by atoms with Crippen LogP contribution in [0, 0.1) is 0 Å². The van der Waals surface area contributed by atoms with Crippen molar-refractivity contribution < 1.29 is 4.79 Å². The van der Waals surface area contributed by atoms with E-state index in [1.165, 1.54) is 6.20 Å². The highest BCUT2D eigenvalue weighted by molar-refractivity contribution is 6.13. The Labute approximate surface area is 98.8 Å². The minimum Gasteiger partial charge on any atom is -0.314 e. The number of fused-ring (bicyclic) bond motifs is 1. The molecule has 1 saturated heterocycles. The third-order valence-electron chi connectivity index (χ3n) is 3.06. The van der Waals surface area contributed by atoms with Crippen molar-refractivity contribution in [2.24, 2.45) is 4.99 Å². The van der Waals surface area contributed by atoms with Crippen LogP contribution in [0.1, 0.15) is 10.5 Å². The largest absolute Gasteiger partial charge is 0.314 e. The standard InChI is InChI=1S/C11H13N5O/c17-10-8(16-5-3-12-4-6-16)7-15-11-9(10)13-1-2-14-11/h1-2,7-8,12H,3-6H2. The van der Waals surface area contributed by atoms with E-state index in [4.69, 9.17) is 0 Å². The molecule has 0 radical (unpaired) electrons. The number of aliphatic imine (C=N–C) groups is 1. The second-order valence-electron chi connectivity index (χ2n) is 4.10. The molecular weight excluding hydrogens is 218 g/mol. The Morgan fingerprint density at radius 1 is 1.24 bits per heavy atom. The van der Waals surface area contributed by atoms with E-state index in [9.17, 15) is 4.79 Å². The molecule has 1 fully saturated rings. The lowest BCUT2D eigenvalue weighted by Gasteiger charge is -2.32. The molecule has 0 bridgehead atoms. The van der Waals surface area contributed by atoms with Gasteiger partial charge in [-0.2, -0.15) is 0 Å². The minimum absolute atomic E-state index is 0.00463. The van der Waals surface area contributed by atoms with Crippen molar-refractivity contribution in [1.29, 1.82) is 0 Å². The number of piperazine rings is 1. The lowest BCUT2D eigenvalue weighted by Crippen LogP contribution is -2.52. The van der Waals surface area contributed by atoms with Crippen molar-refractivity contribution in [3.05, 3.63) is 18.1 Å². The van der Waals surface area contributed by atoms with Gasteiger partial charge < -0.3 is 5.32 Å². The summed E-state index contributed by atoms with van der Waals surface area (Å²) in [6.07, 6.45) is 4.77. The summed E-state index contributed by atoms with van der Waals surface area (Å²) in [5, 5.41) is 3.26. The maximum atomic E-state index is 12.3. The molecule has 1 aromatic heterocycles. The SMILES string of the molecule is O=C1c2nccnc2N=CC1N1CCNCC1. The molecule has 0 aliphatic carbocycles. The second-order valence-corrected chi connectivity index (χ2v) is 4.10. The van der Waals surface area contributed by atoms with Crippen LogP contribution < -0.4 is 5.32 Å². The molecule has 3 rings (SSSR count). The van der Waals surface area contributed by atoms with Gasteiger partial charge in [0.1, 0.15) is 6.04 Å². The summed E-state index contributed by atoms with van der Waals surface area (Å²) in [4.78, 5) is 26.7. The number of carbonyl (C=O) groups is 1. The first-order valence-electron chi connectivity index (χ1n) is 5.70. The zero-order valence-corrected chi connectivity index (χ0v) is 9.33. The van der Waals surface area contributed by atoms with Crippen LogP contribution in [0.4, 0.5) is 5.82 Å². The number of aromatic nitrogens is 2. The van der Waals surface area contributed by atoms with Gasteiger partial charge >= 0.3 is 0 Å². The Bertz CT molecular complexity index is 467. The molecule has 88 valence electrons. The fraction of sp³-hybridized carbons (Fsp3) is 0.455. The fourth-order valence-electron chi connectivity index (χ4n) is 2.17. The molecule has 6 nitrogen and oxygen atoms in total. The van der Waals surface area contributed by atoms with Crippen molar-refractivity contribution in [1.82, 2.24) is 20.2 Å². The molecule has 2 aliphatic rings. The van der Waals surface area contributed by atoms with Crippen LogP contribution in [-0.4, -0.2) is 59.1 Å². The van der Waals surface area contributed by atoms with Crippen molar-refractivity contribution in [2.45, 2.75) is 6.04 Å². The second kappa shape index (κ2) is 4.31. The molecule has 1 aromatic rings. The van der Waals surface area contributed by atoms with Gasteiger partial charge in [0.05, 0.1) is 0 Å². The minimum atomic E-state index is -0.277. The van der Waals surface area contributed by atoms with E-state index in [0.29, 0.717) is 11.5 Å². The Kier molecular flexibility index (Phi) is 2.66. The number of carbonyl (C=O) groups excluding carboxylic acids is 1. The van der Waals surface area contributed by atoms with Gasteiger partial charge in [-0.3, -0.25) is 9.69 Å². The first-order chi connectivity index (χ1) is 8.36. The highest BCUT2D eigenvalue weighted by Crippen LogP contribution is 2.20. The van der Waals surface area contributed by atoms with Gasteiger partial charge in [-0.25, -0.2) is 15.0 Å². The molecule has 0 saturated carbocycles. The number of rotatable bonds is 1. The number of nitrogens with zero attached hydrogens (tertiary/aromatic N) is 4. The lowest BCUT2D eigenvalue weighted by molar-refractivity contribution is 0.0868. The van der Waals surface area contributed by atoms with E-state index in [-0.39, 0.29) is 11.8 Å². The van der Waals surface area contributed by atoms with Gasteiger partial charge in [-0.05, 0) is 0 Å². The summed E-state index contributed by atoms with van der Waals surface area (Å²) in [5.74, 6) is 0.439. The summed E-state index contributed by atoms with van der Waals surface area (Å²) < 4.78 is 0. The molecule has 3 heterocycles. The monoisotopic (exact) mass is 231 g/mol. The molecule has 1 unspecified atom stereocenters. The molecular formula is C11H13N5O. The summed E-state index contributed by atoms with van der Waals surface area (Å²) in [6.45, 7) is 3.53. The predicted molar refractivity (Wildman–Crippen MR) is 62.7 cm³/mol. The summed E-state index contributed by atoms with van der Waals surface area (Å²) in [7, 11) is 0. The molecule has 0 amide bonds. The fourth-order valence-corrected chi connectivity index (χ4v) is 2.17. The molecule has 0 aromatic carbocycles. The van der Waals surface area contributed by atoms with Crippen LogP contribution in [0.5, 0.6) is 0 Å². The van der Waals surface area contributed by atoms with Crippen LogP contribution in [0.2, 0.25) is 0 Å². The topological polar surface area (TPSA) is 70.5 Å². The van der Waals surface area contributed by atoms with E-state index in [1.54, 1.807) is 12.4 Å². The van der Waals surface area contributed by atoms with Gasteiger partial charge in [0.2, 0.25) is 5.78 Å². The highest BCUT2D eigenvalue weighted by Gasteiger charge is 2.31. The third kappa shape index (κ3) is 1.85. The zero-order valence-electron chi connectivity index (χ0n) is 9.33. The molecule has 1 atom stereocenters. The number of hydrogen-bond acceptors (Lipinski definition) is 6. The van der Waals surface area contributed by atoms with Crippen molar-refractivity contribution >= 4 is 17.8 Å².